The fraction of sp³-hybridized carbons (Fsp3) is 0.346. The van der Waals surface area contributed by atoms with Crippen LogP contribution in [0, 0.1) is 0 Å². The Labute approximate surface area is 208 Å². The number of ether oxygens (including phenoxy) is 3. The van der Waals surface area contributed by atoms with Gasteiger partial charge >= 0.3 is 0 Å². The molecule has 1 unspecified atom stereocenters. The van der Waals surface area contributed by atoms with Crippen LogP contribution >= 0.6 is 0 Å². The summed E-state index contributed by atoms with van der Waals surface area (Å²) >= 11 is 0. The molecule has 0 amide bonds. The lowest BCUT2D eigenvalue weighted by atomic mass is 9.94. The van der Waals surface area contributed by atoms with E-state index in [0.717, 1.165) is 78.8 Å². The number of anilines is 4. The smallest absolute Gasteiger partial charge is 0.237 e. The first-order chi connectivity index (χ1) is 17.7. The van der Waals surface area contributed by atoms with Gasteiger partial charge in [0.25, 0.3) is 0 Å². The maximum absolute atomic E-state index is 5.89. The highest BCUT2D eigenvalue weighted by atomic mass is 16.5. The molecule has 184 valence electrons. The summed E-state index contributed by atoms with van der Waals surface area (Å²) in [6, 6.07) is 8.19. The van der Waals surface area contributed by atoms with Crippen LogP contribution in [0.3, 0.4) is 0 Å². The van der Waals surface area contributed by atoms with Crippen molar-refractivity contribution in [1.82, 2.24) is 19.4 Å². The van der Waals surface area contributed by atoms with E-state index < -0.39 is 0 Å². The molecular weight excluding hydrogens is 458 g/mol. The van der Waals surface area contributed by atoms with Crippen LogP contribution in [0.4, 0.5) is 22.9 Å². The minimum absolute atomic E-state index is 0.0335. The Morgan fingerprint density at radius 1 is 1.17 bits per heavy atom. The van der Waals surface area contributed by atoms with E-state index in [1.165, 1.54) is 0 Å². The van der Waals surface area contributed by atoms with Crippen LogP contribution in [-0.4, -0.2) is 64.9 Å². The second-order valence-electron chi connectivity index (χ2n) is 9.45. The van der Waals surface area contributed by atoms with E-state index in [-0.39, 0.29) is 5.60 Å². The Kier molecular flexibility index (Phi) is 4.88. The van der Waals surface area contributed by atoms with Crippen molar-refractivity contribution in [3.05, 3.63) is 49.1 Å². The zero-order chi connectivity index (χ0) is 24.1. The van der Waals surface area contributed by atoms with Crippen LogP contribution in [0.25, 0.3) is 16.9 Å². The van der Waals surface area contributed by atoms with Crippen LogP contribution in [0.1, 0.15) is 12.8 Å². The minimum atomic E-state index is 0.0335. The monoisotopic (exact) mass is 485 g/mol. The molecule has 2 fully saturated rings. The third-order valence-electron chi connectivity index (χ3n) is 7.24. The van der Waals surface area contributed by atoms with E-state index >= 15 is 0 Å². The van der Waals surface area contributed by atoms with Gasteiger partial charge in [0.05, 0.1) is 36.4 Å². The van der Waals surface area contributed by atoms with Crippen molar-refractivity contribution in [2.75, 3.05) is 55.5 Å². The highest BCUT2D eigenvalue weighted by molar-refractivity contribution is 5.77. The van der Waals surface area contributed by atoms with Gasteiger partial charge < -0.3 is 34.1 Å². The lowest BCUT2D eigenvalue weighted by Gasteiger charge is -2.38. The molecule has 6 heterocycles. The third-order valence-corrected chi connectivity index (χ3v) is 7.24. The van der Waals surface area contributed by atoms with Crippen molar-refractivity contribution in [2.45, 2.75) is 18.4 Å². The number of pyridine rings is 1. The van der Waals surface area contributed by atoms with E-state index in [1.807, 2.05) is 28.9 Å². The summed E-state index contributed by atoms with van der Waals surface area (Å²) in [5.74, 6) is 2.08. The number of rotatable bonds is 5. The van der Waals surface area contributed by atoms with Gasteiger partial charge in [-0.25, -0.2) is 15.0 Å². The molecule has 1 atom stereocenters. The van der Waals surface area contributed by atoms with Crippen LogP contribution < -0.4 is 25.0 Å². The first-order valence-electron chi connectivity index (χ1n) is 12.2. The van der Waals surface area contributed by atoms with Gasteiger partial charge in [-0.2, -0.15) is 0 Å². The SMILES string of the molecule is COc1cc(Nc2nc(-c3cnc4c(c3)NCCO4)cn3ccnc23)ccc1N1CCC2(CCO2)C1. The van der Waals surface area contributed by atoms with Crippen molar-refractivity contribution in [3.8, 4) is 22.9 Å². The number of hydrogen-bond acceptors (Lipinski definition) is 9. The Bertz CT molecular complexity index is 1450. The average molecular weight is 486 g/mol. The molecular formula is C26H27N7O3. The Balaban J connectivity index is 1.20. The largest absolute Gasteiger partial charge is 0.495 e. The van der Waals surface area contributed by atoms with Crippen molar-refractivity contribution in [3.63, 3.8) is 0 Å². The highest BCUT2D eigenvalue weighted by Gasteiger charge is 2.44. The molecule has 4 aromatic rings. The van der Waals surface area contributed by atoms with Gasteiger partial charge in [-0.1, -0.05) is 0 Å². The molecule has 0 aliphatic carbocycles. The van der Waals surface area contributed by atoms with Crippen molar-refractivity contribution < 1.29 is 14.2 Å². The van der Waals surface area contributed by atoms with Crippen molar-refractivity contribution in [1.29, 1.82) is 0 Å². The van der Waals surface area contributed by atoms with E-state index in [2.05, 4.69) is 37.6 Å². The lowest BCUT2D eigenvalue weighted by Crippen LogP contribution is -2.45. The second kappa shape index (κ2) is 8.27. The lowest BCUT2D eigenvalue weighted by molar-refractivity contribution is -0.130. The Hall–Kier alpha value is -4.05. The molecule has 0 radical (unpaired) electrons. The Morgan fingerprint density at radius 2 is 2.11 bits per heavy atom. The van der Waals surface area contributed by atoms with Crippen LogP contribution in [0.2, 0.25) is 0 Å². The highest BCUT2D eigenvalue weighted by Crippen LogP contribution is 2.41. The van der Waals surface area contributed by atoms with Gasteiger partial charge in [0.2, 0.25) is 5.88 Å². The number of hydrogen-bond donors (Lipinski definition) is 2. The molecule has 7 rings (SSSR count). The van der Waals surface area contributed by atoms with Gasteiger partial charge in [0, 0.05) is 68.2 Å². The predicted octanol–water partition coefficient (Wildman–Crippen LogP) is 3.72. The number of aromatic nitrogens is 4. The maximum atomic E-state index is 5.89. The van der Waals surface area contributed by atoms with Crippen LogP contribution in [0.15, 0.2) is 49.1 Å². The molecule has 2 saturated heterocycles. The van der Waals surface area contributed by atoms with Gasteiger partial charge in [-0.15, -0.1) is 0 Å². The number of nitrogens with one attached hydrogen (secondary N) is 2. The molecule has 1 spiro atoms. The molecule has 1 aromatic carbocycles. The van der Waals surface area contributed by atoms with E-state index in [0.29, 0.717) is 18.3 Å². The summed E-state index contributed by atoms with van der Waals surface area (Å²) in [6.45, 7) is 4.11. The predicted molar refractivity (Wildman–Crippen MR) is 137 cm³/mol. The van der Waals surface area contributed by atoms with E-state index in [9.17, 15) is 0 Å². The number of benzene rings is 1. The molecule has 36 heavy (non-hydrogen) atoms. The quantitative estimate of drug-likeness (QED) is 0.438. The number of imidazole rings is 1. The summed E-state index contributed by atoms with van der Waals surface area (Å²) in [4.78, 5) is 16.2. The molecule has 2 N–H and O–H groups in total. The van der Waals surface area contributed by atoms with Gasteiger partial charge in [0.1, 0.15) is 12.4 Å². The summed E-state index contributed by atoms with van der Waals surface area (Å²) in [5, 5.41) is 6.80. The summed E-state index contributed by atoms with van der Waals surface area (Å²) in [6.07, 6.45) is 9.61. The Morgan fingerprint density at radius 3 is 2.94 bits per heavy atom. The third kappa shape index (κ3) is 3.56. The average Bonchev–Trinajstić information content (AvgIpc) is 3.56. The molecule has 10 heteroatoms. The van der Waals surface area contributed by atoms with E-state index in [4.69, 9.17) is 19.2 Å². The molecule has 3 aliphatic rings. The maximum Gasteiger partial charge on any atom is 0.237 e. The standard InChI is InChI=1S/C26H27N7O3/c1-34-22-13-18(2-3-21(22)33-8-4-26(16-33)5-10-36-26)30-23-24-28-6-9-32(24)15-20(31-23)17-12-19-25(29-14-17)35-11-7-27-19/h2-3,6,9,12-15,27H,4-5,7-8,10-11,16H2,1H3,(H,30,31). The molecule has 0 bridgehead atoms. The minimum Gasteiger partial charge on any atom is -0.495 e. The summed E-state index contributed by atoms with van der Waals surface area (Å²) in [5.41, 5.74) is 5.26. The van der Waals surface area contributed by atoms with Gasteiger partial charge in [0.15, 0.2) is 11.5 Å². The number of methoxy groups -OCH3 is 1. The number of fused-ring (bicyclic) bond motifs is 2. The summed E-state index contributed by atoms with van der Waals surface area (Å²) < 4.78 is 19.3. The number of nitrogens with zero attached hydrogens (tertiary/aromatic N) is 5. The molecule has 10 nitrogen and oxygen atoms in total. The molecule has 0 saturated carbocycles. The van der Waals surface area contributed by atoms with Gasteiger partial charge in [-0.3, -0.25) is 0 Å². The van der Waals surface area contributed by atoms with E-state index in [1.54, 1.807) is 19.5 Å². The first kappa shape index (κ1) is 21.3. The normalized spacial score (nSPS) is 20.5. The molecule has 3 aliphatic heterocycles. The zero-order valence-corrected chi connectivity index (χ0v) is 20.0. The fourth-order valence-electron chi connectivity index (χ4n) is 5.24. The molecule has 3 aromatic heterocycles. The topological polar surface area (TPSA) is 98.1 Å². The fourth-order valence-corrected chi connectivity index (χ4v) is 5.24. The second-order valence-corrected chi connectivity index (χ2v) is 9.45. The van der Waals surface area contributed by atoms with Crippen molar-refractivity contribution in [2.24, 2.45) is 0 Å². The first-order valence-corrected chi connectivity index (χ1v) is 12.2. The zero-order valence-electron chi connectivity index (χ0n) is 20.0. The van der Waals surface area contributed by atoms with Gasteiger partial charge in [-0.05, 0) is 24.6 Å². The van der Waals surface area contributed by atoms with Crippen LogP contribution in [0.5, 0.6) is 11.6 Å². The van der Waals surface area contributed by atoms with Crippen LogP contribution in [-0.2, 0) is 4.74 Å². The summed E-state index contributed by atoms with van der Waals surface area (Å²) in [7, 11) is 1.71. The van der Waals surface area contributed by atoms with Crippen molar-refractivity contribution >= 4 is 28.5 Å².